The molecule has 3 heterocycles. The molecule has 1 aromatic heterocycles. The maximum absolute atomic E-state index is 13.4. The number of piperidine rings is 1. The Bertz CT molecular complexity index is 696. The summed E-state index contributed by atoms with van der Waals surface area (Å²) in [6, 6.07) is 6.93. The molecule has 2 aliphatic heterocycles. The molecule has 1 N–H and O–H groups in total. The number of nitrogens with zero attached hydrogens (tertiary/aromatic N) is 2. The van der Waals surface area contributed by atoms with E-state index in [0.29, 0.717) is 5.92 Å². The first-order valence-electron chi connectivity index (χ1n) is 8.95. The Morgan fingerprint density at radius 2 is 2.40 bits per heavy atom. The van der Waals surface area contributed by atoms with Crippen LogP contribution in [0.3, 0.4) is 0 Å². The van der Waals surface area contributed by atoms with Gasteiger partial charge in [0.15, 0.2) is 5.13 Å². The van der Waals surface area contributed by atoms with Crippen molar-refractivity contribution in [1.29, 1.82) is 0 Å². The van der Waals surface area contributed by atoms with Crippen molar-refractivity contribution in [2.75, 3.05) is 31.6 Å². The molecule has 0 aliphatic carbocycles. The largest absolute Gasteiger partial charge is 0.373 e. The van der Waals surface area contributed by atoms with E-state index in [0.717, 1.165) is 62.7 Å². The number of aromatic nitrogens is 1. The molecule has 2 unspecified atom stereocenters. The lowest BCUT2D eigenvalue weighted by Gasteiger charge is -2.40. The van der Waals surface area contributed by atoms with Crippen LogP contribution in [0.4, 0.5) is 9.52 Å². The van der Waals surface area contributed by atoms with E-state index >= 15 is 0 Å². The van der Waals surface area contributed by atoms with E-state index in [2.05, 4.69) is 15.2 Å². The van der Waals surface area contributed by atoms with Crippen molar-refractivity contribution in [1.82, 2.24) is 9.88 Å². The van der Waals surface area contributed by atoms with Crippen molar-refractivity contribution in [3.63, 3.8) is 0 Å². The summed E-state index contributed by atoms with van der Waals surface area (Å²) >= 11 is 1.63. The second-order valence-electron chi connectivity index (χ2n) is 7.23. The van der Waals surface area contributed by atoms with Crippen molar-refractivity contribution in [3.8, 4) is 0 Å². The number of benzene rings is 1. The highest BCUT2D eigenvalue weighted by Crippen LogP contribution is 2.38. The van der Waals surface area contributed by atoms with Gasteiger partial charge in [-0.3, -0.25) is 4.90 Å². The average molecular weight is 361 g/mol. The molecule has 2 atom stereocenters. The van der Waals surface area contributed by atoms with Crippen LogP contribution >= 0.6 is 11.3 Å². The molecule has 2 aromatic rings. The number of halogens is 1. The number of hydrogen-bond acceptors (Lipinski definition) is 5. The number of ether oxygens (including phenoxy) is 1. The second kappa shape index (κ2) is 7.40. The topological polar surface area (TPSA) is 37.4 Å². The number of likely N-dealkylation sites (tertiary alicyclic amines) is 1. The summed E-state index contributed by atoms with van der Waals surface area (Å²) in [5.41, 5.74) is 1.01. The van der Waals surface area contributed by atoms with Crippen molar-refractivity contribution in [3.05, 3.63) is 47.2 Å². The van der Waals surface area contributed by atoms with Gasteiger partial charge in [0.05, 0.1) is 12.2 Å². The van der Waals surface area contributed by atoms with Gasteiger partial charge in [-0.25, -0.2) is 9.37 Å². The van der Waals surface area contributed by atoms with E-state index in [1.165, 1.54) is 6.07 Å². The Morgan fingerprint density at radius 3 is 3.24 bits per heavy atom. The van der Waals surface area contributed by atoms with Crippen LogP contribution in [0, 0.1) is 11.7 Å². The lowest BCUT2D eigenvalue weighted by atomic mass is 9.86. The molecule has 1 spiro atoms. The molecule has 0 amide bonds. The van der Waals surface area contributed by atoms with Crippen LogP contribution < -0.4 is 5.32 Å². The Morgan fingerprint density at radius 1 is 1.44 bits per heavy atom. The Hall–Kier alpha value is -1.50. The summed E-state index contributed by atoms with van der Waals surface area (Å²) in [5, 5.41) is 6.39. The molecule has 2 saturated heterocycles. The molecule has 4 rings (SSSR count). The molecule has 0 saturated carbocycles. The van der Waals surface area contributed by atoms with Crippen LogP contribution in [0.5, 0.6) is 0 Å². The number of thiazole rings is 1. The van der Waals surface area contributed by atoms with Crippen LogP contribution in [0.2, 0.25) is 0 Å². The van der Waals surface area contributed by atoms with E-state index in [9.17, 15) is 4.39 Å². The number of nitrogens with one attached hydrogen (secondary N) is 1. The molecule has 2 fully saturated rings. The highest BCUT2D eigenvalue weighted by molar-refractivity contribution is 7.13. The summed E-state index contributed by atoms with van der Waals surface area (Å²) < 4.78 is 19.7. The molecule has 4 nitrogen and oxygen atoms in total. The maximum Gasteiger partial charge on any atom is 0.182 e. The number of hydrogen-bond donors (Lipinski definition) is 1. The summed E-state index contributed by atoms with van der Waals surface area (Å²) in [6.07, 6.45) is 5.18. The number of rotatable bonds is 5. The Kier molecular flexibility index (Phi) is 5.01. The van der Waals surface area contributed by atoms with Crippen LogP contribution in [-0.2, 0) is 11.3 Å². The summed E-state index contributed by atoms with van der Waals surface area (Å²) in [6.45, 7) is 4.52. The van der Waals surface area contributed by atoms with Gasteiger partial charge < -0.3 is 10.1 Å². The molecule has 2 aliphatic rings. The van der Waals surface area contributed by atoms with Crippen LogP contribution in [0.1, 0.15) is 24.8 Å². The predicted molar refractivity (Wildman–Crippen MR) is 98.3 cm³/mol. The zero-order chi connectivity index (χ0) is 17.1. The fourth-order valence-electron chi connectivity index (χ4n) is 4.12. The van der Waals surface area contributed by atoms with Gasteiger partial charge in [-0.05, 0) is 43.5 Å². The third-order valence-corrected chi connectivity index (χ3v) is 5.90. The first-order valence-corrected chi connectivity index (χ1v) is 9.83. The van der Waals surface area contributed by atoms with E-state index in [1.54, 1.807) is 23.5 Å². The average Bonchev–Trinajstić information content (AvgIpc) is 3.23. The summed E-state index contributed by atoms with van der Waals surface area (Å²) in [4.78, 5) is 6.69. The minimum Gasteiger partial charge on any atom is -0.373 e. The smallest absolute Gasteiger partial charge is 0.182 e. The fraction of sp³-hybridized carbons (Fsp3) is 0.526. The monoisotopic (exact) mass is 361 g/mol. The Labute approximate surface area is 152 Å². The fourth-order valence-corrected chi connectivity index (χ4v) is 4.65. The molecular weight excluding hydrogens is 337 g/mol. The van der Waals surface area contributed by atoms with Crippen LogP contribution in [-0.4, -0.2) is 41.7 Å². The molecule has 25 heavy (non-hydrogen) atoms. The van der Waals surface area contributed by atoms with Gasteiger partial charge in [0.1, 0.15) is 5.82 Å². The first kappa shape index (κ1) is 16.9. The minimum atomic E-state index is -0.158. The van der Waals surface area contributed by atoms with E-state index in [4.69, 9.17) is 4.74 Å². The van der Waals surface area contributed by atoms with Crippen LogP contribution in [0.25, 0.3) is 0 Å². The van der Waals surface area contributed by atoms with Gasteiger partial charge in [0.25, 0.3) is 0 Å². The lowest BCUT2D eigenvalue weighted by molar-refractivity contribution is -0.0535. The third-order valence-electron chi connectivity index (χ3n) is 5.17. The standard InChI is InChI=1S/C19H24FN3OS/c20-17-4-1-3-15(9-17)12-23-7-2-5-19(14-23)10-16(13-24-19)11-22-18-21-6-8-25-18/h1,3-4,6,8-9,16H,2,5,7,10-14H2,(H,21,22). The molecule has 134 valence electrons. The zero-order valence-electron chi connectivity index (χ0n) is 14.3. The quantitative estimate of drug-likeness (QED) is 0.880. The van der Waals surface area contributed by atoms with Gasteiger partial charge in [0, 0.05) is 37.1 Å². The summed E-state index contributed by atoms with van der Waals surface area (Å²) in [7, 11) is 0. The molecule has 0 bridgehead atoms. The van der Waals surface area contributed by atoms with E-state index in [1.807, 2.05) is 17.6 Å². The maximum atomic E-state index is 13.4. The molecule has 1 aromatic carbocycles. The second-order valence-corrected chi connectivity index (χ2v) is 8.12. The summed E-state index contributed by atoms with van der Waals surface area (Å²) in [5.74, 6) is 0.368. The molecular formula is C19H24FN3OS. The van der Waals surface area contributed by atoms with Gasteiger partial charge in [0.2, 0.25) is 0 Å². The van der Waals surface area contributed by atoms with Crippen molar-refractivity contribution >= 4 is 16.5 Å². The molecule has 0 radical (unpaired) electrons. The van der Waals surface area contributed by atoms with Crippen molar-refractivity contribution in [2.45, 2.75) is 31.4 Å². The minimum absolute atomic E-state index is 0.0270. The third kappa shape index (κ3) is 4.19. The van der Waals surface area contributed by atoms with Gasteiger partial charge in [-0.1, -0.05) is 12.1 Å². The van der Waals surface area contributed by atoms with Gasteiger partial charge in [-0.15, -0.1) is 11.3 Å². The normalized spacial score (nSPS) is 27.0. The lowest BCUT2D eigenvalue weighted by Crippen LogP contribution is -2.47. The van der Waals surface area contributed by atoms with Crippen molar-refractivity contribution in [2.24, 2.45) is 5.92 Å². The van der Waals surface area contributed by atoms with E-state index in [-0.39, 0.29) is 11.4 Å². The highest BCUT2D eigenvalue weighted by atomic mass is 32.1. The zero-order valence-corrected chi connectivity index (χ0v) is 15.1. The van der Waals surface area contributed by atoms with Gasteiger partial charge >= 0.3 is 0 Å². The molecule has 6 heteroatoms. The van der Waals surface area contributed by atoms with E-state index < -0.39 is 0 Å². The van der Waals surface area contributed by atoms with Crippen molar-refractivity contribution < 1.29 is 9.13 Å². The highest BCUT2D eigenvalue weighted by Gasteiger charge is 2.43. The van der Waals surface area contributed by atoms with Gasteiger partial charge in [-0.2, -0.15) is 0 Å². The first-order chi connectivity index (χ1) is 12.2. The Balaban J connectivity index is 1.32. The number of anilines is 1. The SMILES string of the molecule is Fc1cccc(CN2CCCC3(CC(CNc4nccs4)CO3)C2)c1. The predicted octanol–water partition coefficient (Wildman–Crippen LogP) is 3.77. The van der Waals surface area contributed by atoms with Crippen LogP contribution in [0.15, 0.2) is 35.8 Å².